The molecule has 0 bridgehead atoms. The van der Waals surface area contributed by atoms with Crippen molar-refractivity contribution in [3.05, 3.63) is 92.9 Å². The molecule has 0 spiro atoms. The van der Waals surface area contributed by atoms with Crippen LogP contribution in [-0.4, -0.2) is 37.7 Å². The van der Waals surface area contributed by atoms with E-state index < -0.39 is 17.8 Å². The summed E-state index contributed by atoms with van der Waals surface area (Å²) in [5.41, 5.74) is 3.35. The average Bonchev–Trinajstić information content (AvgIpc) is 2.84. The zero-order valence-electron chi connectivity index (χ0n) is 17.9. The molecule has 0 atom stereocenters. The summed E-state index contributed by atoms with van der Waals surface area (Å²) in [5, 5.41) is 6.65. The molecule has 0 fully saturated rings. The van der Waals surface area contributed by atoms with Gasteiger partial charge in [0.15, 0.2) is 0 Å². The smallest absolute Gasteiger partial charge is 0.345 e. The highest BCUT2D eigenvalue weighted by Gasteiger charge is 2.14. The summed E-state index contributed by atoms with van der Waals surface area (Å²) >= 11 is 9.40. The van der Waals surface area contributed by atoms with E-state index in [1.807, 2.05) is 0 Å². The number of hydrogen-bond donors (Lipinski definition) is 2. The molecule has 0 saturated heterocycles. The second kappa shape index (κ2) is 12.0. The third-order valence-electron chi connectivity index (χ3n) is 4.42. The number of halogens is 2. The maximum atomic E-state index is 12.5. The van der Waals surface area contributed by atoms with Gasteiger partial charge in [-0.25, -0.2) is 10.2 Å². The molecule has 3 aromatic carbocycles. The van der Waals surface area contributed by atoms with Gasteiger partial charge >= 0.3 is 5.97 Å². The molecule has 0 aliphatic rings. The van der Waals surface area contributed by atoms with Crippen LogP contribution < -0.4 is 20.2 Å². The number of nitrogens with zero attached hydrogens (tertiary/aromatic N) is 1. The third-order valence-corrected chi connectivity index (χ3v) is 5.25. The normalized spacial score (nSPS) is 10.6. The minimum absolute atomic E-state index is 0.218. The first-order valence-corrected chi connectivity index (χ1v) is 11.0. The van der Waals surface area contributed by atoms with Crippen molar-refractivity contribution in [3.63, 3.8) is 0 Å². The van der Waals surface area contributed by atoms with Crippen molar-refractivity contribution in [1.29, 1.82) is 0 Å². The number of nitrogens with one attached hydrogen (secondary N) is 2. The van der Waals surface area contributed by atoms with Crippen LogP contribution in [0, 0.1) is 0 Å². The van der Waals surface area contributed by atoms with Gasteiger partial charge in [0.05, 0.1) is 30.5 Å². The number of benzene rings is 3. The number of carbonyl (C=O) groups excluding carboxylic acids is 3. The lowest BCUT2D eigenvalue weighted by Crippen LogP contribution is -2.34. The Balaban J connectivity index is 1.58. The Morgan fingerprint density at radius 1 is 1.06 bits per heavy atom. The van der Waals surface area contributed by atoms with Crippen LogP contribution in [0.25, 0.3) is 0 Å². The Kier molecular flexibility index (Phi) is 8.78. The molecule has 0 aromatic heterocycles. The van der Waals surface area contributed by atoms with Gasteiger partial charge in [-0.15, -0.1) is 0 Å². The number of rotatable bonds is 8. The number of methoxy groups -OCH3 is 1. The Morgan fingerprint density at radius 3 is 2.50 bits per heavy atom. The summed E-state index contributed by atoms with van der Waals surface area (Å²) in [4.78, 5) is 36.7. The SMILES string of the molecule is COc1ccc(C(=O)NCC(=O)N/N=C/c2cc(Br)ccc2OC(=O)c2ccccc2Cl)cc1. The van der Waals surface area contributed by atoms with Crippen molar-refractivity contribution >= 4 is 51.5 Å². The molecule has 3 aromatic rings. The largest absolute Gasteiger partial charge is 0.497 e. The number of ether oxygens (including phenoxy) is 2. The number of amides is 2. The van der Waals surface area contributed by atoms with Gasteiger partial charge in [-0.1, -0.05) is 39.7 Å². The van der Waals surface area contributed by atoms with Crippen molar-refractivity contribution in [2.75, 3.05) is 13.7 Å². The predicted molar refractivity (Wildman–Crippen MR) is 132 cm³/mol. The van der Waals surface area contributed by atoms with E-state index in [0.717, 1.165) is 0 Å². The lowest BCUT2D eigenvalue weighted by Gasteiger charge is -2.09. The van der Waals surface area contributed by atoms with Crippen LogP contribution in [0.3, 0.4) is 0 Å². The zero-order valence-corrected chi connectivity index (χ0v) is 20.2. The van der Waals surface area contributed by atoms with Crippen molar-refractivity contribution in [1.82, 2.24) is 10.7 Å². The van der Waals surface area contributed by atoms with Gasteiger partial charge < -0.3 is 14.8 Å². The molecular weight excluding hydrogens is 526 g/mol. The second-order valence-electron chi connectivity index (χ2n) is 6.76. The topological polar surface area (TPSA) is 106 Å². The quantitative estimate of drug-likeness (QED) is 0.191. The number of hydrogen-bond acceptors (Lipinski definition) is 6. The van der Waals surface area contributed by atoms with Gasteiger partial charge in [0, 0.05) is 15.6 Å². The first-order valence-electron chi connectivity index (χ1n) is 9.88. The van der Waals surface area contributed by atoms with Crippen LogP contribution in [0.4, 0.5) is 0 Å². The van der Waals surface area contributed by atoms with Crippen molar-refractivity contribution < 1.29 is 23.9 Å². The van der Waals surface area contributed by atoms with Gasteiger partial charge in [0.1, 0.15) is 11.5 Å². The highest BCUT2D eigenvalue weighted by atomic mass is 79.9. The number of hydrazone groups is 1. The van der Waals surface area contributed by atoms with Gasteiger partial charge in [-0.3, -0.25) is 9.59 Å². The predicted octanol–water partition coefficient (Wildman–Crippen LogP) is 4.21. The van der Waals surface area contributed by atoms with E-state index in [9.17, 15) is 14.4 Å². The molecule has 0 saturated carbocycles. The minimum Gasteiger partial charge on any atom is -0.497 e. The Hall–Kier alpha value is -3.69. The highest BCUT2D eigenvalue weighted by molar-refractivity contribution is 9.10. The molecule has 0 aliphatic heterocycles. The zero-order chi connectivity index (χ0) is 24.5. The maximum Gasteiger partial charge on any atom is 0.345 e. The molecule has 0 heterocycles. The number of carbonyl (C=O) groups is 3. The van der Waals surface area contributed by atoms with E-state index in [1.54, 1.807) is 66.7 Å². The molecule has 8 nitrogen and oxygen atoms in total. The van der Waals surface area contributed by atoms with E-state index in [4.69, 9.17) is 21.1 Å². The van der Waals surface area contributed by atoms with E-state index in [2.05, 4.69) is 31.8 Å². The van der Waals surface area contributed by atoms with Crippen molar-refractivity contribution in [2.45, 2.75) is 0 Å². The second-order valence-corrected chi connectivity index (χ2v) is 8.08. The van der Waals surface area contributed by atoms with E-state index >= 15 is 0 Å². The molecular formula is C24H19BrClN3O5. The fourth-order valence-electron chi connectivity index (χ4n) is 2.71. The summed E-state index contributed by atoms with van der Waals surface area (Å²) in [6.07, 6.45) is 1.32. The lowest BCUT2D eigenvalue weighted by molar-refractivity contribution is -0.120. The summed E-state index contributed by atoms with van der Waals surface area (Å²) in [6.45, 7) is -0.283. The molecule has 3 rings (SSSR count). The molecule has 0 radical (unpaired) electrons. The fourth-order valence-corrected chi connectivity index (χ4v) is 3.30. The van der Waals surface area contributed by atoms with E-state index in [-0.39, 0.29) is 22.9 Å². The van der Waals surface area contributed by atoms with Crippen LogP contribution in [0.2, 0.25) is 5.02 Å². The summed E-state index contributed by atoms with van der Waals surface area (Å²) in [6, 6.07) is 17.9. The summed E-state index contributed by atoms with van der Waals surface area (Å²) < 4.78 is 11.2. The molecule has 2 N–H and O–H groups in total. The monoisotopic (exact) mass is 543 g/mol. The molecule has 0 unspecified atom stereocenters. The van der Waals surface area contributed by atoms with Gasteiger partial charge in [0.25, 0.3) is 11.8 Å². The Labute approximate surface area is 209 Å². The fraction of sp³-hybridized carbons (Fsp3) is 0.0833. The van der Waals surface area contributed by atoms with Crippen molar-refractivity contribution in [2.24, 2.45) is 5.10 Å². The maximum absolute atomic E-state index is 12.5. The molecule has 0 aliphatic carbocycles. The molecule has 2 amide bonds. The van der Waals surface area contributed by atoms with Crippen molar-refractivity contribution in [3.8, 4) is 11.5 Å². The Morgan fingerprint density at radius 2 is 1.79 bits per heavy atom. The Bertz CT molecular complexity index is 1230. The highest BCUT2D eigenvalue weighted by Crippen LogP contribution is 2.24. The lowest BCUT2D eigenvalue weighted by atomic mass is 10.2. The minimum atomic E-state index is -0.632. The molecule has 174 valence electrons. The first kappa shape index (κ1) is 24.9. The first-order chi connectivity index (χ1) is 16.4. The number of esters is 1. The van der Waals surface area contributed by atoms with Gasteiger partial charge in [-0.05, 0) is 54.6 Å². The molecule has 34 heavy (non-hydrogen) atoms. The van der Waals surface area contributed by atoms with E-state index in [0.29, 0.717) is 21.3 Å². The van der Waals surface area contributed by atoms with Crippen LogP contribution in [-0.2, 0) is 4.79 Å². The summed E-state index contributed by atoms with van der Waals surface area (Å²) in [7, 11) is 1.53. The van der Waals surface area contributed by atoms with Crippen LogP contribution >= 0.6 is 27.5 Å². The van der Waals surface area contributed by atoms with E-state index in [1.165, 1.54) is 13.3 Å². The third kappa shape index (κ3) is 6.90. The van der Waals surface area contributed by atoms with Crippen LogP contribution in [0.15, 0.2) is 76.3 Å². The average molecular weight is 545 g/mol. The van der Waals surface area contributed by atoms with Crippen LogP contribution in [0.5, 0.6) is 11.5 Å². The van der Waals surface area contributed by atoms with Gasteiger partial charge in [-0.2, -0.15) is 5.10 Å². The van der Waals surface area contributed by atoms with Crippen LogP contribution in [0.1, 0.15) is 26.3 Å². The molecule has 10 heteroatoms. The standard InChI is InChI=1S/C24H19BrClN3O5/c1-33-18-9-6-15(7-10-18)23(31)27-14-22(30)29-28-13-16-12-17(25)8-11-21(16)34-24(32)19-4-2-3-5-20(19)26/h2-13H,14H2,1H3,(H,27,31)(H,29,30)/b28-13+. The van der Waals surface area contributed by atoms with Gasteiger partial charge in [0.2, 0.25) is 0 Å². The summed E-state index contributed by atoms with van der Waals surface area (Å²) in [5.74, 6) is -0.745.